The first-order valence-electron chi connectivity index (χ1n) is 13.3. The molecule has 4 rings (SSSR count). The molecule has 2 aromatic rings. The third-order valence-corrected chi connectivity index (χ3v) is 9.32. The first-order chi connectivity index (χ1) is 22.8. The van der Waals surface area contributed by atoms with Crippen LogP contribution in [0.15, 0.2) is 58.3 Å². The number of carbonyl (C=O) groups is 6. The zero-order valence-corrected chi connectivity index (χ0v) is 27.2. The SMILES string of the molecule is O=C(CCN1C(=O)/C(=C2\SC(=S)N(CCC(=O)NNC(=O)c3cccc([N+](=O)[O-])c3)C2=O)SC1=S)NNC(=O)c1cccc([N+](=O)[O-])c1. The number of amides is 6. The van der Waals surface area contributed by atoms with Crippen LogP contribution in [0.25, 0.3) is 0 Å². The predicted octanol–water partition coefficient (Wildman–Crippen LogP) is 1.44. The molecule has 248 valence electrons. The summed E-state index contributed by atoms with van der Waals surface area (Å²) >= 11 is 12.2. The number of hydrogen-bond acceptors (Lipinski definition) is 14. The van der Waals surface area contributed by atoms with Gasteiger partial charge in [-0.1, -0.05) is 60.1 Å². The van der Waals surface area contributed by atoms with Crippen molar-refractivity contribution in [2.75, 3.05) is 13.1 Å². The Labute approximate surface area is 288 Å². The summed E-state index contributed by atoms with van der Waals surface area (Å²) in [5.41, 5.74) is 7.80. The van der Waals surface area contributed by atoms with Crippen LogP contribution in [0, 0.1) is 20.2 Å². The summed E-state index contributed by atoms with van der Waals surface area (Å²) in [5, 5.41) is 21.8. The summed E-state index contributed by atoms with van der Waals surface area (Å²) < 4.78 is 0.125. The number of nitro benzene ring substituents is 2. The topological polar surface area (TPSA) is 243 Å². The fourth-order valence-electron chi connectivity index (χ4n) is 3.93. The quantitative estimate of drug-likeness (QED) is 0.117. The number of thioether (sulfide) groups is 2. The molecule has 48 heavy (non-hydrogen) atoms. The van der Waals surface area contributed by atoms with Gasteiger partial charge in [-0.2, -0.15) is 0 Å². The number of hydrazine groups is 2. The van der Waals surface area contributed by atoms with Crippen LogP contribution < -0.4 is 21.7 Å². The van der Waals surface area contributed by atoms with Crippen molar-refractivity contribution in [3.63, 3.8) is 0 Å². The van der Waals surface area contributed by atoms with E-state index in [2.05, 4.69) is 21.7 Å². The highest BCUT2D eigenvalue weighted by atomic mass is 32.2. The molecule has 0 saturated carbocycles. The van der Waals surface area contributed by atoms with Gasteiger partial charge in [0.2, 0.25) is 11.8 Å². The Kier molecular flexibility index (Phi) is 11.5. The van der Waals surface area contributed by atoms with Crippen molar-refractivity contribution < 1.29 is 38.6 Å². The number of benzene rings is 2. The Morgan fingerprint density at radius 1 is 0.667 bits per heavy atom. The highest BCUT2D eigenvalue weighted by Gasteiger charge is 2.42. The summed E-state index contributed by atoms with van der Waals surface area (Å²) in [5.74, 6) is -4.31. The molecular weight excluding hydrogens is 713 g/mol. The number of non-ortho nitro benzene ring substituents is 2. The van der Waals surface area contributed by atoms with Crippen LogP contribution >= 0.6 is 48.0 Å². The first-order valence-corrected chi connectivity index (χ1v) is 15.7. The van der Waals surface area contributed by atoms with Crippen molar-refractivity contribution in [2.45, 2.75) is 12.8 Å². The number of nitrogens with one attached hydrogen (secondary N) is 4. The van der Waals surface area contributed by atoms with E-state index in [1.165, 1.54) is 36.4 Å². The molecule has 18 nitrogen and oxygen atoms in total. The van der Waals surface area contributed by atoms with Gasteiger partial charge in [0, 0.05) is 61.3 Å². The molecule has 4 N–H and O–H groups in total. The van der Waals surface area contributed by atoms with Crippen LogP contribution in [-0.2, 0) is 19.2 Å². The molecule has 0 spiro atoms. The van der Waals surface area contributed by atoms with E-state index in [4.69, 9.17) is 24.4 Å². The van der Waals surface area contributed by atoms with Gasteiger partial charge >= 0.3 is 0 Å². The molecule has 0 aromatic heterocycles. The lowest BCUT2D eigenvalue weighted by Crippen LogP contribution is -2.43. The highest BCUT2D eigenvalue weighted by Crippen LogP contribution is 2.42. The van der Waals surface area contributed by atoms with E-state index in [1.54, 1.807) is 0 Å². The minimum atomic E-state index is -0.803. The van der Waals surface area contributed by atoms with Gasteiger partial charge in [0.1, 0.15) is 8.64 Å². The highest BCUT2D eigenvalue weighted by molar-refractivity contribution is 8.29. The van der Waals surface area contributed by atoms with Gasteiger partial charge in [0.05, 0.1) is 19.7 Å². The van der Waals surface area contributed by atoms with E-state index < -0.39 is 45.3 Å². The number of carbonyl (C=O) groups excluding carboxylic acids is 6. The minimum absolute atomic E-state index is 0.0205. The maximum Gasteiger partial charge on any atom is 0.270 e. The molecule has 0 atom stereocenters. The lowest BCUT2D eigenvalue weighted by Gasteiger charge is -2.15. The average molecular weight is 733 g/mol. The molecule has 2 aliphatic heterocycles. The van der Waals surface area contributed by atoms with E-state index in [0.717, 1.165) is 45.5 Å². The Bertz CT molecular complexity index is 1710. The molecule has 0 aliphatic carbocycles. The lowest BCUT2D eigenvalue weighted by molar-refractivity contribution is -0.385. The Morgan fingerprint density at radius 2 is 1.04 bits per heavy atom. The molecule has 2 heterocycles. The molecule has 0 radical (unpaired) electrons. The number of nitrogens with zero attached hydrogens (tertiary/aromatic N) is 4. The van der Waals surface area contributed by atoms with Crippen molar-refractivity contribution in [1.82, 2.24) is 31.5 Å². The van der Waals surface area contributed by atoms with E-state index in [9.17, 15) is 49.0 Å². The van der Waals surface area contributed by atoms with Crippen molar-refractivity contribution >= 4 is 103 Å². The molecule has 22 heteroatoms. The van der Waals surface area contributed by atoms with Crippen molar-refractivity contribution in [2.24, 2.45) is 0 Å². The van der Waals surface area contributed by atoms with Gasteiger partial charge < -0.3 is 0 Å². The fraction of sp³-hybridized carbons (Fsp3) is 0.154. The molecule has 2 fully saturated rings. The van der Waals surface area contributed by atoms with Gasteiger partial charge in [-0.25, -0.2) is 0 Å². The second kappa shape index (κ2) is 15.5. The van der Waals surface area contributed by atoms with Gasteiger partial charge in [0.25, 0.3) is 35.0 Å². The molecule has 6 amide bonds. The molecule has 0 bridgehead atoms. The Hall–Kier alpha value is -5.32. The van der Waals surface area contributed by atoms with Crippen molar-refractivity contribution in [1.29, 1.82) is 0 Å². The van der Waals surface area contributed by atoms with Crippen LogP contribution in [0.1, 0.15) is 33.6 Å². The van der Waals surface area contributed by atoms with Gasteiger partial charge in [-0.15, -0.1) is 0 Å². The smallest absolute Gasteiger partial charge is 0.270 e. The second-order valence-corrected chi connectivity index (χ2v) is 12.7. The summed E-state index contributed by atoms with van der Waals surface area (Å²) in [6.07, 6.45) is -0.606. The normalized spacial score (nSPS) is 15.8. The van der Waals surface area contributed by atoms with Crippen molar-refractivity contribution in [3.05, 3.63) is 89.7 Å². The Balaban J connectivity index is 1.26. The standard InChI is InChI=1S/C26H20N8O10S4/c35-17(27-29-21(37)13-3-1-5-15(11-13)33(41)42)7-9-31-23(39)19(47-25(31)45)20-24(40)32(26(46)48-20)10-8-18(36)28-30-22(38)14-4-2-6-16(12-14)34(43)44/h1-6,11-12H,7-10H2,(H,27,35)(H,28,36)(H,29,37)(H,30,38)/b20-19+. The first kappa shape index (κ1) is 35.5. The monoisotopic (exact) mass is 732 g/mol. The predicted molar refractivity (Wildman–Crippen MR) is 177 cm³/mol. The largest absolute Gasteiger partial charge is 0.292 e. The number of thiocarbonyl (C=S) groups is 2. The zero-order chi connectivity index (χ0) is 35.1. The average Bonchev–Trinajstić information content (AvgIpc) is 3.51. The van der Waals surface area contributed by atoms with Gasteiger partial charge in [-0.3, -0.25) is 80.5 Å². The third kappa shape index (κ3) is 8.52. The summed E-state index contributed by atoms with van der Waals surface area (Å²) in [7, 11) is 0. The van der Waals surface area contributed by atoms with E-state index >= 15 is 0 Å². The summed E-state index contributed by atoms with van der Waals surface area (Å²) in [4.78, 5) is 98.0. The van der Waals surface area contributed by atoms with E-state index in [0.29, 0.717) is 0 Å². The van der Waals surface area contributed by atoms with E-state index in [1.807, 2.05) is 0 Å². The maximum atomic E-state index is 13.1. The molecular formula is C26H20N8O10S4. The van der Waals surface area contributed by atoms with Gasteiger partial charge in [-0.05, 0) is 12.1 Å². The zero-order valence-electron chi connectivity index (χ0n) is 24.0. The number of nitro groups is 2. The van der Waals surface area contributed by atoms with E-state index in [-0.39, 0.29) is 66.9 Å². The molecule has 0 unspecified atom stereocenters. The summed E-state index contributed by atoms with van der Waals surface area (Å²) in [6.45, 7) is -0.398. The minimum Gasteiger partial charge on any atom is -0.292 e. The summed E-state index contributed by atoms with van der Waals surface area (Å²) in [6, 6.07) is 9.71. The fourth-order valence-corrected chi connectivity index (χ4v) is 6.70. The van der Waals surface area contributed by atoms with Crippen LogP contribution in [0.4, 0.5) is 11.4 Å². The Morgan fingerprint density at radius 3 is 1.40 bits per heavy atom. The van der Waals surface area contributed by atoms with Gasteiger partial charge in [0.15, 0.2) is 0 Å². The molecule has 2 saturated heterocycles. The number of hydrogen-bond donors (Lipinski definition) is 4. The third-order valence-electron chi connectivity index (χ3n) is 6.30. The van der Waals surface area contributed by atoms with Crippen LogP contribution in [0.5, 0.6) is 0 Å². The van der Waals surface area contributed by atoms with Crippen LogP contribution in [0.2, 0.25) is 0 Å². The second-order valence-electron chi connectivity index (χ2n) is 9.43. The molecule has 2 aromatic carbocycles. The van der Waals surface area contributed by atoms with Crippen LogP contribution in [-0.4, -0.2) is 76.8 Å². The van der Waals surface area contributed by atoms with Crippen LogP contribution in [0.3, 0.4) is 0 Å². The number of rotatable bonds is 10. The molecule has 2 aliphatic rings. The lowest BCUT2D eigenvalue weighted by atomic mass is 10.2. The maximum absolute atomic E-state index is 13.1. The van der Waals surface area contributed by atoms with Crippen molar-refractivity contribution in [3.8, 4) is 0 Å².